The fraction of sp³-hybridized carbons (Fsp3) is 1.00. The molecule has 8 heteroatoms. The van der Waals surface area contributed by atoms with Crippen molar-refractivity contribution in [3.8, 4) is 0 Å². The number of unbranched alkanes of at least 4 members (excludes halogenated alkanes) is 1. The first-order valence-electron chi connectivity index (χ1n) is 3.07. The van der Waals surface area contributed by atoms with Gasteiger partial charge in [0.2, 0.25) is 0 Å². The monoisotopic (exact) mass is 236 g/mol. The SMILES string of the molecule is CCCC[SH2+].F[P-](F)(F)(F)(F)F. The van der Waals surface area contributed by atoms with Crippen LogP contribution in [0.25, 0.3) is 0 Å². The topological polar surface area (TPSA) is 0 Å². The molecule has 0 nitrogen and oxygen atoms in total. The Labute approximate surface area is 72.0 Å². The Kier molecular flexibility index (Phi) is 4.48. The fourth-order valence-electron chi connectivity index (χ4n) is 0.177. The minimum absolute atomic E-state index is 1.15. The van der Waals surface area contributed by atoms with Crippen molar-refractivity contribution in [3.05, 3.63) is 0 Å². The molecule has 0 aliphatic rings. The van der Waals surface area contributed by atoms with Gasteiger partial charge < -0.3 is 0 Å². The summed E-state index contributed by atoms with van der Waals surface area (Å²) in [5, 5.41) is 0. The molecule has 0 aromatic rings. The molecule has 0 saturated heterocycles. The van der Waals surface area contributed by atoms with Gasteiger partial charge in [-0.1, -0.05) is 13.3 Å². The summed E-state index contributed by atoms with van der Waals surface area (Å²) in [7, 11) is -10.7. The van der Waals surface area contributed by atoms with E-state index in [0.717, 1.165) is 5.75 Å². The zero-order valence-electron chi connectivity index (χ0n) is 6.34. The Morgan fingerprint density at radius 3 is 1.25 bits per heavy atom. The summed E-state index contributed by atoms with van der Waals surface area (Å²) in [6.45, 7) is 2.18. The van der Waals surface area contributed by atoms with E-state index < -0.39 is 7.81 Å². The van der Waals surface area contributed by atoms with Gasteiger partial charge in [0.25, 0.3) is 0 Å². The van der Waals surface area contributed by atoms with Crippen LogP contribution in [0, 0.1) is 0 Å². The second-order valence-electron chi connectivity index (χ2n) is 2.06. The van der Waals surface area contributed by atoms with Crippen LogP contribution in [0.5, 0.6) is 0 Å². The molecule has 0 aromatic heterocycles. The van der Waals surface area contributed by atoms with Gasteiger partial charge >= 0.3 is 33.0 Å². The summed E-state index contributed by atoms with van der Waals surface area (Å²) >= 11 is 3.35. The maximum atomic E-state index is 9.87. The molecule has 0 atom stereocenters. The third kappa shape index (κ3) is 163. The minimum atomic E-state index is -10.7. The average molecular weight is 236 g/mol. The Balaban J connectivity index is 0. The van der Waals surface area contributed by atoms with Crippen LogP contribution < -0.4 is 0 Å². The van der Waals surface area contributed by atoms with E-state index in [2.05, 4.69) is 19.6 Å². The standard InChI is InChI=1S/C4H10S.F6P/c1-2-3-4-5;1-7(2,3,4,5)6/h5H,2-4H2,1H3;/q;-1/p+1. The molecular formula is C4H11F6PS. The molecule has 12 heavy (non-hydrogen) atoms. The fourth-order valence-corrected chi connectivity index (χ4v) is 0.530. The molecule has 0 aromatic carbocycles. The summed E-state index contributed by atoms with van der Waals surface area (Å²) in [4.78, 5) is 0. The molecule has 0 aliphatic heterocycles. The van der Waals surface area contributed by atoms with Crippen LogP contribution in [0.2, 0.25) is 0 Å². The number of halogens is 6. The summed E-state index contributed by atoms with van der Waals surface area (Å²) in [6, 6.07) is 0. The van der Waals surface area contributed by atoms with Crippen LogP contribution in [0.4, 0.5) is 25.2 Å². The van der Waals surface area contributed by atoms with Crippen LogP contribution in [0.15, 0.2) is 0 Å². The summed E-state index contributed by atoms with van der Waals surface area (Å²) in [5.41, 5.74) is 0. The quantitative estimate of drug-likeness (QED) is 0.383. The predicted molar refractivity (Wildman–Crippen MR) is 43.5 cm³/mol. The van der Waals surface area contributed by atoms with Gasteiger partial charge in [-0.15, -0.1) is 0 Å². The van der Waals surface area contributed by atoms with Crippen LogP contribution >= 0.6 is 7.81 Å². The van der Waals surface area contributed by atoms with Gasteiger partial charge in [0, 0.05) is 0 Å². The summed E-state index contributed by atoms with van der Waals surface area (Å²) < 4.78 is 59.2. The molecule has 0 aliphatic carbocycles. The molecule has 0 unspecified atom stereocenters. The van der Waals surface area contributed by atoms with E-state index in [9.17, 15) is 25.2 Å². The van der Waals surface area contributed by atoms with Crippen molar-refractivity contribution in [2.24, 2.45) is 0 Å². The molecule has 0 saturated carbocycles. The van der Waals surface area contributed by atoms with Crippen molar-refractivity contribution < 1.29 is 25.2 Å². The van der Waals surface area contributed by atoms with E-state index in [4.69, 9.17) is 0 Å². The molecule has 0 N–H and O–H groups in total. The molecule has 0 spiro atoms. The Hall–Kier alpha value is 0.360. The van der Waals surface area contributed by atoms with Crippen LogP contribution in [-0.2, 0) is 12.6 Å². The van der Waals surface area contributed by atoms with Gasteiger partial charge in [0.1, 0.15) is 5.75 Å². The Bertz CT molecular complexity index is 109. The number of hydrogen-bond acceptors (Lipinski definition) is 0. The van der Waals surface area contributed by atoms with Gasteiger partial charge in [0.05, 0.1) is 0 Å². The van der Waals surface area contributed by atoms with Crippen LogP contribution in [0.3, 0.4) is 0 Å². The Morgan fingerprint density at radius 2 is 1.25 bits per heavy atom. The van der Waals surface area contributed by atoms with E-state index in [0.29, 0.717) is 0 Å². The van der Waals surface area contributed by atoms with Gasteiger partial charge in [-0.05, 0) is 19.0 Å². The van der Waals surface area contributed by atoms with Crippen molar-refractivity contribution in [3.63, 3.8) is 0 Å². The zero-order valence-corrected chi connectivity index (χ0v) is 8.23. The first-order valence-corrected chi connectivity index (χ1v) is 5.81. The molecule has 0 fully saturated rings. The first kappa shape index (κ1) is 14.9. The summed E-state index contributed by atoms with van der Waals surface area (Å²) in [5.74, 6) is 1.15. The van der Waals surface area contributed by atoms with Crippen LogP contribution in [0.1, 0.15) is 19.8 Å². The van der Waals surface area contributed by atoms with E-state index in [-0.39, 0.29) is 0 Å². The predicted octanol–water partition coefficient (Wildman–Crippen LogP) is 4.18. The molecule has 0 radical (unpaired) electrons. The van der Waals surface area contributed by atoms with Crippen molar-refractivity contribution >= 4 is 20.4 Å². The van der Waals surface area contributed by atoms with Crippen molar-refractivity contribution in [1.29, 1.82) is 0 Å². The van der Waals surface area contributed by atoms with Crippen molar-refractivity contribution in [2.75, 3.05) is 5.75 Å². The molecule has 0 bridgehead atoms. The Morgan fingerprint density at radius 1 is 1.00 bits per heavy atom. The number of rotatable bonds is 2. The molecule has 0 heterocycles. The molecule has 80 valence electrons. The van der Waals surface area contributed by atoms with E-state index >= 15 is 0 Å². The number of hydrogen-bond donors (Lipinski definition) is 0. The van der Waals surface area contributed by atoms with Gasteiger partial charge in [0.15, 0.2) is 0 Å². The molecule has 0 amide bonds. The van der Waals surface area contributed by atoms with E-state index in [1.54, 1.807) is 0 Å². The third-order valence-electron chi connectivity index (χ3n) is 0.530. The summed E-state index contributed by atoms with van der Waals surface area (Å²) in [6.07, 6.45) is 2.60. The second-order valence-corrected chi connectivity index (χ2v) is 4.48. The molecular weight excluding hydrogens is 225 g/mol. The van der Waals surface area contributed by atoms with E-state index in [1.165, 1.54) is 12.8 Å². The average Bonchev–Trinajstić information content (AvgIpc) is 1.58. The van der Waals surface area contributed by atoms with Gasteiger partial charge in [-0.3, -0.25) is 0 Å². The van der Waals surface area contributed by atoms with E-state index in [1.807, 2.05) is 0 Å². The molecule has 0 rings (SSSR count). The normalized spacial score (nSPS) is 17.0. The third-order valence-corrected chi connectivity index (χ3v) is 0.884. The van der Waals surface area contributed by atoms with Crippen molar-refractivity contribution in [1.82, 2.24) is 0 Å². The zero-order chi connectivity index (χ0) is 10.5. The maximum absolute atomic E-state index is 10.7. The van der Waals surface area contributed by atoms with Crippen LogP contribution in [-0.4, -0.2) is 5.75 Å². The van der Waals surface area contributed by atoms with Gasteiger partial charge in [-0.2, -0.15) is 0 Å². The van der Waals surface area contributed by atoms with Crippen molar-refractivity contribution in [2.45, 2.75) is 19.8 Å². The van der Waals surface area contributed by atoms with Gasteiger partial charge in [-0.25, -0.2) is 0 Å². The second kappa shape index (κ2) is 3.62. The first-order chi connectivity index (χ1) is 4.86.